The van der Waals surface area contributed by atoms with Crippen LogP contribution in [0.25, 0.3) is 0 Å². The second kappa shape index (κ2) is 5.01. The highest BCUT2D eigenvalue weighted by Crippen LogP contribution is 2.22. The second-order valence-electron chi connectivity index (χ2n) is 3.37. The Labute approximate surface area is 98.9 Å². The third-order valence-electron chi connectivity index (χ3n) is 2.40. The summed E-state index contributed by atoms with van der Waals surface area (Å²) in [6, 6.07) is 1.95. The lowest BCUT2D eigenvalue weighted by atomic mass is 10.2. The van der Waals surface area contributed by atoms with E-state index in [1.807, 2.05) is 6.07 Å². The molecule has 0 amide bonds. The van der Waals surface area contributed by atoms with E-state index in [1.165, 1.54) is 0 Å². The molecule has 0 spiro atoms. The largest absolute Gasteiger partial charge is 0.378 e. The zero-order valence-corrected chi connectivity index (χ0v) is 9.76. The highest BCUT2D eigenvalue weighted by molar-refractivity contribution is 6.32. The van der Waals surface area contributed by atoms with E-state index < -0.39 is 0 Å². The van der Waals surface area contributed by atoms with Crippen LogP contribution in [-0.2, 0) is 10.6 Å². The van der Waals surface area contributed by atoms with Crippen LogP contribution in [-0.4, -0.2) is 31.3 Å². The molecule has 0 atom stereocenters. The van der Waals surface area contributed by atoms with Gasteiger partial charge >= 0.3 is 0 Å². The first-order valence-electron chi connectivity index (χ1n) is 4.84. The average Bonchev–Trinajstić information content (AvgIpc) is 2.31. The van der Waals surface area contributed by atoms with E-state index in [0.717, 1.165) is 37.7 Å². The van der Waals surface area contributed by atoms with Gasteiger partial charge < -0.3 is 9.64 Å². The minimum Gasteiger partial charge on any atom is -0.378 e. The Balaban J connectivity index is 2.20. The number of hydrogen-bond acceptors (Lipinski definition) is 3. The van der Waals surface area contributed by atoms with Crippen molar-refractivity contribution in [1.82, 2.24) is 4.98 Å². The smallest absolute Gasteiger partial charge is 0.129 e. The molecule has 2 rings (SSSR count). The number of hydrogen-bond donors (Lipinski definition) is 0. The number of anilines is 1. The number of alkyl halides is 1. The molecule has 0 bridgehead atoms. The van der Waals surface area contributed by atoms with Gasteiger partial charge in [0.2, 0.25) is 0 Å². The summed E-state index contributed by atoms with van der Waals surface area (Å²) in [4.78, 5) is 6.47. The van der Waals surface area contributed by atoms with Crippen molar-refractivity contribution in [3.8, 4) is 0 Å². The molecule has 3 nitrogen and oxygen atoms in total. The number of morpholine rings is 1. The number of rotatable bonds is 2. The minimum atomic E-state index is 0.415. The molecule has 15 heavy (non-hydrogen) atoms. The quantitative estimate of drug-likeness (QED) is 0.750. The molecule has 1 aliphatic heterocycles. The fourth-order valence-electron chi connectivity index (χ4n) is 1.54. The van der Waals surface area contributed by atoms with Crippen LogP contribution in [0.1, 0.15) is 5.56 Å². The molecule has 1 saturated heterocycles. The summed E-state index contributed by atoms with van der Waals surface area (Å²) >= 11 is 11.7. The van der Waals surface area contributed by atoms with Crippen LogP contribution in [0.15, 0.2) is 12.3 Å². The van der Waals surface area contributed by atoms with Gasteiger partial charge in [-0.25, -0.2) is 4.98 Å². The summed E-state index contributed by atoms with van der Waals surface area (Å²) in [7, 11) is 0. The van der Waals surface area contributed by atoms with Crippen molar-refractivity contribution in [3.05, 3.63) is 22.8 Å². The minimum absolute atomic E-state index is 0.415. The van der Waals surface area contributed by atoms with Crippen LogP contribution in [0.5, 0.6) is 0 Å². The average molecular weight is 247 g/mol. The van der Waals surface area contributed by atoms with E-state index in [1.54, 1.807) is 6.20 Å². The van der Waals surface area contributed by atoms with Gasteiger partial charge in [0.05, 0.1) is 18.2 Å². The van der Waals surface area contributed by atoms with E-state index in [0.29, 0.717) is 10.9 Å². The molecule has 1 aromatic heterocycles. The van der Waals surface area contributed by atoms with Crippen molar-refractivity contribution < 1.29 is 4.74 Å². The van der Waals surface area contributed by atoms with Crippen molar-refractivity contribution in [2.75, 3.05) is 31.2 Å². The van der Waals surface area contributed by atoms with Gasteiger partial charge in [-0.1, -0.05) is 11.6 Å². The number of nitrogens with zero attached hydrogens (tertiary/aromatic N) is 2. The van der Waals surface area contributed by atoms with Crippen LogP contribution in [0.4, 0.5) is 5.82 Å². The van der Waals surface area contributed by atoms with Crippen LogP contribution < -0.4 is 4.90 Å². The molecule has 0 N–H and O–H groups in total. The molecule has 1 aliphatic rings. The van der Waals surface area contributed by atoms with Crippen molar-refractivity contribution in [2.24, 2.45) is 0 Å². The monoisotopic (exact) mass is 246 g/mol. The fourth-order valence-corrected chi connectivity index (χ4v) is 2.00. The van der Waals surface area contributed by atoms with E-state index in [2.05, 4.69) is 9.88 Å². The van der Waals surface area contributed by atoms with Crippen LogP contribution >= 0.6 is 23.2 Å². The van der Waals surface area contributed by atoms with Crippen molar-refractivity contribution in [2.45, 2.75) is 5.88 Å². The summed E-state index contributed by atoms with van der Waals surface area (Å²) in [5.41, 5.74) is 0.926. The molecule has 0 saturated carbocycles. The molecule has 82 valence electrons. The Bertz CT molecular complexity index is 340. The zero-order chi connectivity index (χ0) is 10.7. The first-order valence-corrected chi connectivity index (χ1v) is 5.75. The van der Waals surface area contributed by atoms with Gasteiger partial charge in [0.25, 0.3) is 0 Å². The van der Waals surface area contributed by atoms with Crippen molar-refractivity contribution in [1.29, 1.82) is 0 Å². The maximum Gasteiger partial charge on any atom is 0.129 e. The molecular weight excluding hydrogens is 235 g/mol. The van der Waals surface area contributed by atoms with E-state index >= 15 is 0 Å². The highest BCUT2D eigenvalue weighted by atomic mass is 35.5. The van der Waals surface area contributed by atoms with Gasteiger partial charge in [0.15, 0.2) is 0 Å². The predicted molar refractivity (Wildman–Crippen MR) is 61.8 cm³/mol. The summed E-state index contributed by atoms with van der Waals surface area (Å²) in [6.45, 7) is 3.24. The number of ether oxygens (including phenoxy) is 1. The standard InChI is InChI=1S/C10H12Cl2N2O/c11-6-8-5-10(13-7-9(8)12)14-1-3-15-4-2-14/h5,7H,1-4,6H2. The van der Waals surface area contributed by atoms with Gasteiger partial charge in [-0.3, -0.25) is 0 Å². The molecule has 2 heterocycles. The lowest BCUT2D eigenvalue weighted by Gasteiger charge is -2.28. The SMILES string of the molecule is ClCc1cc(N2CCOCC2)ncc1Cl. The van der Waals surface area contributed by atoms with Gasteiger partial charge in [0.1, 0.15) is 5.82 Å². The topological polar surface area (TPSA) is 25.4 Å². The van der Waals surface area contributed by atoms with Crippen LogP contribution in [0.3, 0.4) is 0 Å². The molecule has 0 radical (unpaired) electrons. The number of halogens is 2. The van der Waals surface area contributed by atoms with Crippen molar-refractivity contribution >= 4 is 29.0 Å². The first kappa shape index (κ1) is 11.0. The Kier molecular flexibility index (Phi) is 3.67. The Morgan fingerprint density at radius 3 is 2.80 bits per heavy atom. The van der Waals surface area contributed by atoms with Crippen LogP contribution in [0, 0.1) is 0 Å². The highest BCUT2D eigenvalue weighted by Gasteiger charge is 2.13. The predicted octanol–water partition coefficient (Wildman–Crippen LogP) is 2.31. The Morgan fingerprint density at radius 2 is 2.13 bits per heavy atom. The lowest BCUT2D eigenvalue weighted by Crippen LogP contribution is -2.36. The Hall–Kier alpha value is -0.510. The normalized spacial score (nSPS) is 16.8. The molecule has 0 unspecified atom stereocenters. The lowest BCUT2D eigenvalue weighted by molar-refractivity contribution is 0.122. The number of pyridine rings is 1. The zero-order valence-electron chi connectivity index (χ0n) is 8.25. The Morgan fingerprint density at radius 1 is 1.40 bits per heavy atom. The van der Waals surface area contributed by atoms with E-state index in [4.69, 9.17) is 27.9 Å². The number of aromatic nitrogens is 1. The van der Waals surface area contributed by atoms with Gasteiger partial charge in [-0.2, -0.15) is 0 Å². The summed E-state index contributed by atoms with van der Waals surface area (Å²) in [6.07, 6.45) is 1.66. The second-order valence-corrected chi connectivity index (χ2v) is 4.04. The van der Waals surface area contributed by atoms with Crippen molar-refractivity contribution in [3.63, 3.8) is 0 Å². The maximum atomic E-state index is 5.95. The molecular formula is C10H12Cl2N2O. The van der Waals surface area contributed by atoms with E-state index in [-0.39, 0.29) is 0 Å². The molecule has 1 aromatic rings. The van der Waals surface area contributed by atoms with E-state index in [9.17, 15) is 0 Å². The summed E-state index contributed by atoms with van der Waals surface area (Å²) in [5, 5.41) is 0.627. The maximum absolute atomic E-state index is 5.95. The summed E-state index contributed by atoms with van der Waals surface area (Å²) < 4.78 is 5.28. The molecule has 1 fully saturated rings. The third kappa shape index (κ3) is 2.54. The molecule has 5 heteroatoms. The molecule has 0 aromatic carbocycles. The third-order valence-corrected chi connectivity index (χ3v) is 3.03. The first-order chi connectivity index (χ1) is 7.31. The van der Waals surface area contributed by atoms with Gasteiger partial charge in [-0.05, 0) is 11.6 Å². The van der Waals surface area contributed by atoms with Gasteiger partial charge in [0, 0.05) is 25.2 Å². The van der Waals surface area contributed by atoms with Crippen LogP contribution in [0.2, 0.25) is 5.02 Å². The fraction of sp³-hybridized carbons (Fsp3) is 0.500. The van der Waals surface area contributed by atoms with Gasteiger partial charge in [-0.15, -0.1) is 11.6 Å². The summed E-state index contributed by atoms with van der Waals surface area (Å²) in [5.74, 6) is 1.34. The molecule has 0 aliphatic carbocycles.